The first-order valence-electron chi connectivity index (χ1n) is 9.55. The Hall–Kier alpha value is -3.52. The van der Waals surface area contributed by atoms with Crippen molar-refractivity contribution in [3.8, 4) is 11.3 Å². The fraction of sp³-hybridized carbons (Fsp3) is 0.182. The summed E-state index contributed by atoms with van der Waals surface area (Å²) in [6.07, 6.45) is 0.616. The number of hydrogen-bond acceptors (Lipinski definition) is 6. The third-order valence-electron chi connectivity index (χ3n) is 5.22. The summed E-state index contributed by atoms with van der Waals surface area (Å²) in [7, 11) is 0. The molecule has 0 fully saturated rings. The molecule has 2 aromatic carbocycles. The summed E-state index contributed by atoms with van der Waals surface area (Å²) in [6.45, 7) is 0. The van der Waals surface area contributed by atoms with Crippen LogP contribution in [0.4, 0.5) is 10.8 Å². The first-order valence-corrected chi connectivity index (χ1v) is 10.4. The molecule has 7 nitrogen and oxygen atoms in total. The SMILES string of the molecule is O=C1CCc2cc(-c3csc(NC(=O)C4Cc5ccccc5C(=O)O4)n3)ccc2N1. The number of thiazole rings is 1. The van der Waals surface area contributed by atoms with Gasteiger partial charge in [0, 0.05) is 29.5 Å². The summed E-state index contributed by atoms with van der Waals surface area (Å²) in [4.78, 5) is 40.8. The topological polar surface area (TPSA) is 97.4 Å². The molecule has 3 aromatic rings. The number of carbonyl (C=O) groups excluding carboxylic acids is 3. The first kappa shape index (κ1) is 18.5. The summed E-state index contributed by atoms with van der Waals surface area (Å²) in [5.41, 5.74) is 4.86. The minimum Gasteiger partial charge on any atom is -0.448 e. The zero-order chi connectivity index (χ0) is 20.7. The van der Waals surface area contributed by atoms with Crippen molar-refractivity contribution < 1.29 is 19.1 Å². The second-order valence-electron chi connectivity index (χ2n) is 7.20. The Kier molecular flexibility index (Phi) is 4.55. The van der Waals surface area contributed by atoms with Crippen LogP contribution >= 0.6 is 11.3 Å². The Balaban J connectivity index is 1.30. The van der Waals surface area contributed by atoms with E-state index in [1.165, 1.54) is 11.3 Å². The van der Waals surface area contributed by atoms with E-state index in [0.717, 1.165) is 28.1 Å². The number of amides is 2. The van der Waals surface area contributed by atoms with Gasteiger partial charge in [-0.3, -0.25) is 14.9 Å². The number of aromatic nitrogens is 1. The number of carbonyl (C=O) groups is 3. The zero-order valence-corrected chi connectivity index (χ0v) is 16.6. The zero-order valence-electron chi connectivity index (χ0n) is 15.8. The number of aryl methyl sites for hydroxylation is 1. The fourth-order valence-electron chi connectivity index (χ4n) is 3.67. The molecule has 1 unspecified atom stereocenters. The normalized spacial score (nSPS) is 17.4. The average Bonchev–Trinajstić information content (AvgIpc) is 3.22. The molecule has 0 spiro atoms. The molecule has 150 valence electrons. The van der Waals surface area contributed by atoms with E-state index in [4.69, 9.17) is 4.74 Å². The van der Waals surface area contributed by atoms with Gasteiger partial charge >= 0.3 is 5.97 Å². The van der Waals surface area contributed by atoms with Gasteiger partial charge in [0.05, 0.1) is 11.3 Å². The largest absolute Gasteiger partial charge is 0.448 e. The molecule has 8 heteroatoms. The smallest absolute Gasteiger partial charge is 0.339 e. The Morgan fingerprint density at radius 1 is 1.13 bits per heavy atom. The second kappa shape index (κ2) is 7.38. The van der Waals surface area contributed by atoms with Gasteiger partial charge in [-0.15, -0.1) is 11.3 Å². The van der Waals surface area contributed by atoms with E-state index in [1.807, 2.05) is 35.7 Å². The average molecular weight is 419 g/mol. The van der Waals surface area contributed by atoms with E-state index < -0.39 is 18.0 Å². The van der Waals surface area contributed by atoms with Gasteiger partial charge in [-0.2, -0.15) is 0 Å². The summed E-state index contributed by atoms with van der Waals surface area (Å²) in [5, 5.41) is 7.92. The van der Waals surface area contributed by atoms with Crippen LogP contribution in [0.1, 0.15) is 27.9 Å². The van der Waals surface area contributed by atoms with Crippen molar-refractivity contribution in [2.45, 2.75) is 25.4 Å². The molecule has 0 bridgehead atoms. The van der Waals surface area contributed by atoms with Crippen LogP contribution in [0.5, 0.6) is 0 Å². The number of esters is 1. The fourth-order valence-corrected chi connectivity index (χ4v) is 4.39. The molecular formula is C22H17N3O4S. The van der Waals surface area contributed by atoms with Crippen LogP contribution in [0.25, 0.3) is 11.3 Å². The highest BCUT2D eigenvalue weighted by Gasteiger charge is 2.31. The summed E-state index contributed by atoms with van der Waals surface area (Å²) >= 11 is 1.31. The lowest BCUT2D eigenvalue weighted by Crippen LogP contribution is -2.37. The maximum atomic E-state index is 12.6. The van der Waals surface area contributed by atoms with Crippen LogP contribution < -0.4 is 10.6 Å². The number of rotatable bonds is 3. The molecule has 0 aliphatic carbocycles. The van der Waals surface area contributed by atoms with Gasteiger partial charge in [-0.25, -0.2) is 9.78 Å². The quantitative estimate of drug-likeness (QED) is 0.634. The monoisotopic (exact) mass is 419 g/mol. The van der Waals surface area contributed by atoms with Crippen molar-refractivity contribution in [1.29, 1.82) is 0 Å². The molecule has 30 heavy (non-hydrogen) atoms. The van der Waals surface area contributed by atoms with Crippen LogP contribution in [0, 0.1) is 0 Å². The Morgan fingerprint density at radius 3 is 2.90 bits per heavy atom. The van der Waals surface area contributed by atoms with Crippen molar-refractivity contribution in [2.75, 3.05) is 10.6 Å². The minimum atomic E-state index is -0.882. The van der Waals surface area contributed by atoms with E-state index >= 15 is 0 Å². The molecule has 2 amide bonds. The van der Waals surface area contributed by atoms with Crippen molar-refractivity contribution in [2.24, 2.45) is 0 Å². The Morgan fingerprint density at radius 2 is 2.00 bits per heavy atom. The van der Waals surface area contributed by atoms with Gasteiger partial charge in [-0.05, 0) is 35.7 Å². The van der Waals surface area contributed by atoms with Crippen LogP contribution in [0.3, 0.4) is 0 Å². The molecular weight excluding hydrogens is 402 g/mol. The molecule has 0 saturated heterocycles. The van der Waals surface area contributed by atoms with E-state index in [2.05, 4.69) is 15.6 Å². The standard InChI is InChI=1S/C22H17N3O4S/c26-19-8-6-13-9-14(5-7-16(13)23-19)17-11-30-22(24-17)25-20(27)18-10-12-3-1-2-4-15(12)21(28)29-18/h1-5,7,9,11,18H,6,8,10H2,(H,23,26)(H,24,25,27). The highest BCUT2D eigenvalue weighted by molar-refractivity contribution is 7.14. The molecule has 3 heterocycles. The molecule has 1 atom stereocenters. The highest BCUT2D eigenvalue weighted by atomic mass is 32.1. The van der Waals surface area contributed by atoms with Gasteiger partial charge in [0.25, 0.3) is 5.91 Å². The Bertz CT molecular complexity index is 1190. The van der Waals surface area contributed by atoms with E-state index in [1.54, 1.807) is 12.1 Å². The number of benzene rings is 2. The van der Waals surface area contributed by atoms with Gasteiger partial charge in [0.15, 0.2) is 11.2 Å². The summed E-state index contributed by atoms with van der Waals surface area (Å²) < 4.78 is 5.30. The molecule has 2 aliphatic rings. The van der Waals surface area contributed by atoms with Crippen LogP contribution in [0.2, 0.25) is 0 Å². The summed E-state index contributed by atoms with van der Waals surface area (Å²) in [5.74, 6) is -0.857. The number of ether oxygens (including phenoxy) is 1. The molecule has 2 aliphatic heterocycles. The Labute approximate surface area is 176 Å². The minimum absolute atomic E-state index is 0.0277. The van der Waals surface area contributed by atoms with Crippen molar-refractivity contribution in [3.63, 3.8) is 0 Å². The van der Waals surface area contributed by atoms with Crippen LogP contribution in [-0.4, -0.2) is 28.9 Å². The maximum absolute atomic E-state index is 12.6. The van der Waals surface area contributed by atoms with Crippen LogP contribution in [-0.2, 0) is 27.2 Å². The maximum Gasteiger partial charge on any atom is 0.339 e. The predicted octanol–water partition coefficient (Wildman–Crippen LogP) is 3.42. The molecule has 2 N–H and O–H groups in total. The van der Waals surface area contributed by atoms with Gasteiger partial charge in [0.1, 0.15) is 0 Å². The lowest BCUT2D eigenvalue weighted by atomic mass is 9.98. The highest BCUT2D eigenvalue weighted by Crippen LogP contribution is 2.31. The third-order valence-corrected chi connectivity index (χ3v) is 5.97. The number of hydrogen-bond donors (Lipinski definition) is 2. The first-order chi connectivity index (χ1) is 14.6. The number of fused-ring (bicyclic) bond motifs is 2. The third kappa shape index (κ3) is 3.46. The molecule has 0 saturated carbocycles. The van der Waals surface area contributed by atoms with Crippen molar-refractivity contribution in [3.05, 3.63) is 64.5 Å². The van der Waals surface area contributed by atoms with E-state index in [0.29, 0.717) is 30.0 Å². The lowest BCUT2D eigenvalue weighted by molar-refractivity contribution is -0.125. The molecule has 0 radical (unpaired) electrons. The number of anilines is 2. The molecule has 5 rings (SSSR count). The van der Waals surface area contributed by atoms with Gasteiger partial charge < -0.3 is 10.1 Å². The van der Waals surface area contributed by atoms with Crippen molar-refractivity contribution in [1.82, 2.24) is 4.98 Å². The predicted molar refractivity (Wildman–Crippen MR) is 112 cm³/mol. The van der Waals surface area contributed by atoms with E-state index in [-0.39, 0.29) is 5.91 Å². The summed E-state index contributed by atoms with van der Waals surface area (Å²) in [6, 6.07) is 12.9. The second-order valence-corrected chi connectivity index (χ2v) is 8.06. The van der Waals surface area contributed by atoms with Crippen molar-refractivity contribution >= 4 is 39.9 Å². The number of cyclic esters (lactones) is 1. The van der Waals surface area contributed by atoms with Gasteiger partial charge in [-0.1, -0.05) is 24.3 Å². The van der Waals surface area contributed by atoms with E-state index in [9.17, 15) is 14.4 Å². The number of nitrogens with one attached hydrogen (secondary N) is 2. The van der Waals surface area contributed by atoms with Crippen LogP contribution in [0.15, 0.2) is 47.8 Å². The lowest BCUT2D eigenvalue weighted by Gasteiger charge is -2.23. The number of nitrogens with zero attached hydrogens (tertiary/aromatic N) is 1. The van der Waals surface area contributed by atoms with Gasteiger partial charge in [0.2, 0.25) is 5.91 Å². The molecule has 1 aromatic heterocycles.